The van der Waals surface area contributed by atoms with Crippen molar-refractivity contribution in [2.24, 2.45) is 0 Å². The molecule has 8 heteroatoms. The van der Waals surface area contributed by atoms with Crippen LogP contribution in [0.15, 0.2) is 66.9 Å². The number of rotatable bonds is 8. The first kappa shape index (κ1) is 25.2. The second-order valence-electron chi connectivity index (χ2n) is 9.09. The molecule has 36 heavy (non-hydrogen) atoms. The van der Waals surface area contributed by atoms with E-state index in [-0.39, 0.29) is 12.0 Å². The summed E-state index contributed by atoms with van der Waals surface area (Å²) in [5.41, 5.74) is 5.11. The van der Waals surface area contributed by atoms with Gasteiger partial charge >= 0.3 is 6.09 Å². The molecule has 0 radical (unpaired) electrons. The maximum Gasteiger partial charge on any atom is 0.407 e. The Bertz CT molecular complexity index is 1220. The quantitative estimate of drug-likeness (QED) is 0.493. The van der Waals surface area contributed by atoms with Gasteiger partial charge in [-0.3, -0.25) is 9.78 Å². The van der Waals surface area contributed by atoms with Gasteiger partial charge in [0.15, 0.2) is 0 Å². The Morgan fingerprint density at radius 3 is 2.67 bits per heavy atom. The third kappa shape index (κ3) is 5.83. The molecule has 1 aliphatic rings. The maximum absolute atomic E-state index is 13.4. The van der Waals surface area contributed by atoms with Crippen molar-refractivity contribution in [3.8, 4) is 0 Å². The Labute approximate surface area is 211 Å². The summed E-state index contributed by atoms with van der Waals surface area (Å²) in [7, 11) is 3.54. The fourth-order valence-electron chi connectivity index (χ4n) is 4.32. The Balaban J connectivity index is 1.51. The topological polar surface area (TPSA) is 86.2 Å². The lowest BCUT2D eigenvalue weighted by molar-refractivity contribution is 0.0288. The molecule has 8 nitrogen and oxygen atoms in total. The first-order valence-electron chi connectivity index (χ1n) is 12.0. The number of hydrogen-bond donors (Lipinski definition) is 1. The summed E-state index contributed by atoms with van der Waals surface area (Å²) in [4.78, 5) is 34.2. The third-order valence-corrected chi connectivity index (χ3v) is 6.46. The van der Waals surface area contributed by atoms with E-state index in [4.69, 9.17) is 4.74 Å². The molecular formula is C28H32N4O4. The molecule has 4 rings (SSSR count). The van der Waals surface area contributed by atoms with Crippen LogP contribution in [0.5, 0.6) is 0 Å². The van der Waals surface area contributed by atoms with Crippen LogP contribution in [0.2, 0.25) is 0 Å². The van der Waals surface area contributed by atoms with Crippen LogP contribution in [0.25, 0.3) is 0 Å². The Kier molecular flexibility index (Phi) is 7.85. The van der Waals surface area contributed by atoms with E-state index in [1.807, 2.05) is 74.6 Å². The molecular weight excluding hydrogens is 456 g/mol. The number of pyridine rings is 1. The SMILES string of the molecule is Cc1cc2c(cn1)C(=O)N(c1cccc(COC(CCN(C)C(=O)O)c3ccccc3)c1)CCN2C. The highest BCUT2D eigenvalue weighted by Gasteiger charge is 2.26. The first-order valence-corrected chi connectivity index (χ1v) is 12.0. The second-order valence-corrected chi connectivity index (χ2v) is 9.09. The van der Waals surface area contributed by atoms with Gasteiger partial charge in [-0.25, -0.2) is 4.79 Å². The van der Waals surface area contributed by atoms with Gasteiger partial charge in [-0.1, -0.05) is 42.5 Å². The van der Waals surface area contributed by atoms with Crippen molar-refractivity contribution in [1.29, 1.82) is 0 Å². The van der Waals surface area contributed by atoms with E-state index in [0.29, 0.717) is 38.2 Å². The maximum atomic E-state index is 13.4. The molecule has 0 spiro atoms. The summed E-state index contributed by atoms with van der Waals surface area (Å²) in [6.07, 6.45) is 0.973. The molecule has 1 atom stereocenters. The highest BCUT2D eigenvalue weighted by Crippen LogP contribution is 2.29. The molecule has 188 valence electrons. The lowest BCUT2D eigenvalue weighted by atomic mass is 10.1. The van der Waals surface area contributed by atoms with Crippen LogP contribution in [0.4, 0.5) is 16.2 Å². The molecule has 0 saturated heterocycles. The summed E-state index contributed by atoms with van der Waals surface area (Å²) in [5.74, 6) is -0.0706. The molecule has 0 bridgehead atoms. The van der Waals surface area contributed by atoms with Crippen molar-refractivity contribution in [3.05, 3.63) is 89.2 Å². The molecule has 2 aromatic carbocycles. The van der Waals surface area contributed by atoms with Gasteiger partial charge in [-0.2, -0.15) is 0 Å². The fourth-order valence-corrected chi connectivity index (χ4v) is 4.32. The van der Waals surface area contributed by atoms with Gasteiger partial charge in [-0.15, -0.1) is 0 Å². The summed E-state index contributed by atoms with van der Waals surface area (Å²) in [6.45, 7) is 3.88. The Morgan fingerprint density at radius 2 is 1.92 bits per heavy atom. The van der Waals surface area contributed by atoms with E-state index >= 15 is 0 Å². The van der Waals surface area contributed by atoms with E-state index in [9.17, 15) is 14.7 Å². The van der Waals surface area contributed by atoms with Crippen molar-refractivity contribution in [3.63, 3.8) is 0 Å². The number of nitrogens with zero attached hydrogens (tertiary/aromatic N) is 4. The number of anilines is 2. The monoisotopic (exact) mass is 488 g/mol. The summed E-state index contributed by atoms with van der Waals surface area (Å²) < 4.78 is 6.28. The van der Waals surface area contributed by atoms with Gasteiger partial charge in [0.1, 0.15) is 0 Å². The van der Waals surface area contributed by atoms with Crippen LogP contribution < -0.4 is 9.80 Å². The largest absolute Gasteiger partial charge is 0.465 e. The highest BCUT2D eigenvalue weighted by molar-refractivity contribution is 6.10. The normalized spacial score (nSPS) is 14.2. The molecule has 1 unspecified atom stereocenters. The number of likely N-dealkylation sites (N-methyl/N-ethyl adjacent to an activating group) is 1. The minimum absolute atomic E-state index is 0.0706. The summed E-state index contributed by atoms with van der Waals surface area (Å²) in [6, 6.07) is 19.6. The van der Waals surface area contributed by atoms with Gasteiger partial charge < -0.3 is 24.5 Å². The van der Waals surface area contributed by atoms with Gasteiger partial charge in [0.05, 0.1) is 24.0 Å². The molecule has 2 amide bonds. The average Bonchev–Trinajstić information content (AvgIpc) is 3.00. The van der Waals surface area contributed by atoms with Crippen molar-refractivity contribution in [2.75, 3.05) is 43.5 Å². The van der Waals surface area contributed by atoms with Gasteiger partial charge in [0.25, 0.3) is 5.91 Å². The van der Waals surface area contributed by atoms with Crippen molar-refractivity contribution >= 4 is 23.4 Å². The van der Waals surface area contributed by atoms with Gasteiger partial charge in [0, 0.05) is 51.3 Å². The third-order valence-electron chi connectivity index (χ3n) is 6.46. The minimum atomic E-state index is -0.964. The standard InChI is InChI=1S/C28H32N4O4/c1-20-16-25-24(18-29-20)27(33)32(15-14-30(25)2)23-11-7-8-21(17-23)19-36-26(12-13-31(3)28(34)35)22-9-5-4-6-10-22/h4-11,16-18,26H,12-15,19H2,1-3H3,(H,34,35). The molecule has 3 aromatic rings. The van der Waals surface area contributed by atoms with Crippen LogP contribution in [-0.4, -0.2) is 60.7 Å². The highest BCUT2D eigenvalue weighted by atomic mass is 16.5. The van der Waals surface area contributed by atoms with E-state index in [0.717, 1.165) is 28.2 Å². The first-order chi connectivity index (χ1) is 17.3. The van der Waals surface area contributed by atoms with Crippen molar-refractivity contribution < 1.29 is 19.4 Å². The number of hydrogen-bond acceptors (Lipinski definition) is 5. The number of carbonyl (C=O) groups is 2. The number of aromatic nitrogens is 1. The molecule has 1 aromatic heterocycles. The van der Waals surface area contributed by atoms with Crippen LogP contribution in [0.3, 0.4) is 0 Å². The Morgan fingerprint density at radius 1 is 1.14 bits per heavy atom. The van der Waals surface area contributed by atoms with Crippen LogP contribution in [-0.2, 0) is 11.3 Å². The number of amides is 2. The molecule has 0 aliphatic carbocycles. The van der Waals surface area contributed by atoms with Gasteiger partial charge in [0.2, 0.25) is 0 Å². The van der Waals surface area contributed by atoms with E-state index in [2.05, 4.69) is 9.88 Å². The number of fused-ring (bicyclic) bond motifs is 1. The zero-order chi connectivity index (χ0) is 25.7. The molecule has 0 fully saturated rings. The number of ether oxygens (including phenoxy) is 1. The molecule has 2 heterocycles. The number of carbonyl (C=O) groups excluding carboxylic acids is 1. The number of benzene rings is 2. The predicted molar refractivity (Wildman–Crippen MR) is 140 cm³/mol. The fraction of sp³-hybridized carbons (Fsp3) is 0.321. The lowest BCUT2D eigenvalue weighted by Gasteiger charge is -2.23. The van der Waals surface area contributed by atoms with E-state index in [1.54, 1.807) is 18.1 Å². The van der Waals surface area contributed by atoms with Crippen LogP contribution >= 0.6 is 0 Å². The van der Waals surface area contributed by atoms with E-state index < -0.39 is 6.09 Å². The zero-order valence-corrected chi connectivity index (χ0v) is 20.9. The van der Waals surface area contributed by atoms with Crippen molar-refractivity contribution in [1.82, 2.24) is 9.88 Å². The van der Waals surface area contributed by atoms with E-state index in [1.165, 1.54) is 4.90 Å². The Hall–Kier alpha value is -3.91. The van der Waals surface area contributed by atoms with Crippen molar-refractivity contribution in [2.45, 2.75) is 26.1 Å². The smallest absolute Gasteiger partial charge is 0.407 e. The second kappa shape index (κ2) is 11.2. The summed E-state index contributed by atoms with van der Waals surface area (Å²) >= 11 is 0. The lowest BCUT2D eigenvalue weighted by Crippen LogP contribution is -2.33. The predicted octanol–water partition coefficient (Wildman–Crippen LogP) is 4.74. The average molecular weight is 489 g/mol. The zero-order valence-electron chi connectivity index (χ0n) is 20.9. The number of aryl methyl sites for hydroxylation is 1. The molecule has 1 N–H and O–H groups in total. The molecule has 0 saturated carbocycles. The van der Waals surface area contributed by atoms with Crippen LogP contribution in [0, 0.1) is 6.92 Å². The van der Waals surface area contributed by atoms with Crippen LogP contribution in [0.1, 0.15) is 39.7 Å². The van der Waals surface area contributed by atoms with Gasteiger partial charge in [-0.05, 0) is 42.7 Å². The minimum Gasteiger partial charge on any atom is -0.465 e. The number of carboxylic acid groups (broad SMARTS) is 1. The summed E-state index contributed by atoms with van der Waals surface area (Å²) in [5, 5.41) is 9.21. The molecule has 1 aliphatic heterocycles.